The number of aromatic hydroxyl groups is 1. The average molecular weight is 329 g/mol. The Bertz CT molecular complexity index is 607. The lowest BCUT2D eigenvalue weighted by molar-refractivity contribution is 0.102. The SMILES string of the molecule is O=C(Nc1cnc(Cl)c(Br)c1)c1ccncc1O. The predicted octanol–water partition coefficient (Wildman–Crippen LogP) is 2.85. The van der Waals surface area contributed by atoms with Gasteiger partial charge in [0.15, 0.2) is 0 Å². The van der Waals surface area contributed by atoms with Gasteiger partial charge in [0.05, 0.1) is 28.1 Å². The summed E-state index contributed by atoms with van der Waals surface area (Å²) < 4.78 is 0.570. The van der Waals surface area contributed by atoms with Crippen LogP contribution < -0.4 is 5.32 Å². The molecule has 0 aliphatic rings. The summed E-state index contributed by atoms with van der Waals surface area (Å²) >= 11 is 8.94. The van der Waals surface area contributed by atoms with Crippen LogP contribution in [-0.4, -0.2) is 21.0 Å². The van der Waals surface area contributed by atoms with E-state index in [2.05, 4.69) is 31.2 Å². The van der Waals surface area contributed by atoms with Crippen LogP contribution in [0.4, 0.5) is 5.69 Å². The van der Waals surface area contributed by atoms with Gasteiger partial charge in [0.25, 0.3) is 5.91 Å². The van der Waals surface area contributed by atoms with Gasteiger partial charge in [0.2, 0.25) is 0 Å². The Hall–Kier alpha value is -1.66. The van der Waals surface area contributed by atoms with E-state index in [1.54, 1.807) is 6.07 Å². The Morgan fingerprint density at radius 2 is 2.22 bits per heavy atom. The smallest absolute Gasteiger partial charge is 0.259 e. The Morgan fingerprint density at radius 1 is 1.44 bits per heavy atom. The molecule has 0 fully saturated rings. The number of carbonyl (C=O) groups is 1. The monoisotopic (exact) mass is 327 g/mol. The number of hydrogen-bond donors (Lipinski definition) is 2. The second-order valence-electron chi connectivity index (χ2n) is 3.34. The van der Waals surface area contributed by atoms with Crippen LogP contribution in [0.1, 0.15) is 10.4 Å². The number of rotatable bonds is 2. The Balaban J connectivity index is 2.22. The van der Waals surface area contributed by atoms with Crippen LogP contribution in [0.3, 0.4) is 0 Å². The molecule has 0 aliphatic carbocycles. The molecule has 2 aromatic heterocycles. The van der Waals surface area contributed by atoms with E-state index in [0.717, 1.165) is 0 Å². The van der Waals surface area contributed by atoms with Gasteiger partial charge in [-0.05, 0) is 28.1 Å². The lowest BCUT2D eigenvalue weighted by Gasteiger charge is -2.06. The van der Waals surface area contributed by atoms with E-state index in [1.807, 2.05) is 0 Å². The predicted molar refractivity (Wildman–Crippen MR) is 70.8 cm³/mol. The summed E-state index contributed by atoms with van der Waals surface area (Å²) in [6.07, 6.45) is 4.04. The third kappa shape index (κ3) is 2.77. The van der Waals surface area contributed by atoms with Crippen molar-refractivity contribution in [1.29, 1.82) is 0 Å². The van der Waals surface area contributed by atoms with Crippen LogP contribution in [-0.2, 0) is 0 Å². The third-order valence-corrected chi connectivity index (χ3v) is 3.23. The van der Waals surface area contributed by atoms with Gasteiger partial charge in [0.1, 0.15) is 10.9 Å². The molecule has 0 aliphatic heterocycles. The van der Waals surface area contributed by atoms with Crippen molar-refractivity contribution in [2.24, 2.45) is 0 Å². The fraction of sp³-hybridized carbons (Fsp3) is 0. The maximum absolute atomic E-state index is 11.9. The number of amides is 1. The highest BCUT2D eigenvalue weighted by atomic mass is 79.9. The minimum atomic E-state index is -0.453. The highest BCUT2D eigenvalue weighted by Crippen LogP contribution is 2.23. The van der Waals surface area contributed by atoms with Crippen molar-refractivity contribution < 1.29 is 9.90 Å². The van der Waals surface area contributed by atoms with Crippen LogP contribution in [0.2, 0.25) is 5.15 Å². The molecule has 1 amide bonds. The molecule has 7 heteroatoms. The fourth-order valence-electron chi connectivity index (χ4n) is 1.27. The van der Waals surface area contributed by atoms with Gasteiger partial charge in [-0.2, -0.15) is 0 Å². The van der Waals surface area contributed by atoms with Gasteiger partial charge < -0.3 is 10.4 Å². The molecule has 2 N–H and O–H groups in total. The van der Waals surface area contributed by atoms with E-state index in [9.17, 15) is 9.90 Å². The average Bonchev–Trinajstić information content (AvgIpc) is 2.34. The van der Waals surface area contributed by atoms with Gasteiger partial charge in [0, 0.05) is 6.20 Å². The number of anilines is 1. The van der Waals surface area contributed by atoms with Crippen molar-refractivity contribution in [1.82, 2.24) is 9.97 Å². The molecule has 0 spiro atoms. The highest BCUT2D eigenvalue weighted by molar-refractivity contribution is 9.10. The van der Waals surface area contributed by atoms with Crippen LogP contribution in [0, 0.1) is 0 Å². The number of hydrogen-bond acceptors (Lipinski definition) is 4. The molecule has 2 aromatic rings. The van der Waals surface area contributed by atoms with E-state index in [0.29, 0.717) is 15.3 Å². The quantitative estimate of drug-likeness (QED) is 0.831. The molecule has 0 atom stereocenters. The molecule has 5 nitrogen and oxygen atoms in total. The van der Waals surface area contributed by atoms with Crippen LogP contribution >= 0.6 is 27.5 Å². The van der Waals surface area contributed by atoms with Crippen molar-refractivity contribution in [3.8, 4) is 5.75 Å². The molecule has 0 bridgehead atoms. The zero-order valence-corrected chi connectivity index (χ0v) is 11.2. The topological polar surface area (TPSA) is 75.1 Å². The number of nitrogens with one attached hydrogen (secondary N) is 1. The molecule has 0 saturated heterocycles. The lowest BCUT2D eigenvalue weighted by Crippen LogP contribution is -2.12. The summed E-state index contributed by atoms with van der Waals surface area (Å²) in [4.78, 5) is 19.4. The minimum absolute atomic E-state index is 0.135. The third-order valence-electron chi connectivity index (χ3n) is 2.10. The molecule has 2 heterocycles. The first-order valence-corrected chi connectivity index (χ1v) is 6.00. The minimum Gasteiger partial charge on any atom is -0.505 e. The summed E-state index contributed by atoms with van der Waals surface area (Å²) in [5.41, 5.74) is 0.601. The summed E-state index contributed by atoms with van der Waals surface area (Å²) in [5.74, 6) is -0.637. The second kappa shape index (κ2) is 5.32. The summed E-state index contributed by atoms with van der Waals surface area (Å²) in [5, 5.41) is 12.4. The molecule has 0 saturated carbocycles. The molecule has 92 valence electrons. The number of pyridine rings is 2. The molecule has 0 aromatic carbocycles. The van der Waals surface area contributed by atoms with Crippen molar-refractivity contribution in [3.05, 3.63) is 45.9 Å². The van der Waals surface area contributed by atoms with E-state index >= 15 is 0 Å². The second-order valence-corrected chi connectivity index (χ2v) is 4.56. The summed E-state index contributed by atoms with van der Waals surface area (Å²) in [6.45, 7) is 0. The zero-order valence-electron chi connectivity index (χ0n) is 8.89. The van der Waals surface area contributed by atoms with E-state index in [4.69, 9.17) is 11.6 Å². The van der Waals surface area contributed by atoms with Crippen LogP contribution in [0.15, 0.2) is 35.2 Å². The molecule has 18 heavy (non-hydrogen) atoms. The molecule has 2 rings (SSSR count). The zero-order chi connectivity index (χ0) is 13.1. The molecule has 0 unspecified atom stereocenters. The lowest BCUT2D eigenvalue weighted by atomic mass is 10.2. The van der Waals surface area contributed by atoms with Crippen molar-refractivity contribution in [2.45, 2.75) is 0 Å². The number of carbonyl (C=O) groups excluding carboxylic acids is 1. The fourth-order valence-corrected chi connectivity index (χ4v) is 1.72. The van der Waals surface area contributed by atoms with Crippen LogP contribution in [0.25, 0.3) is 0 Å². The normalized spacial score (nSPS) is 10.1. The van der Waals surface area contributed by atoms with Crippen molar-refractivity contribution in [2.75, 3.05) is 5.32 Å². The Labute approximate surface area is 116 Å². The molecular weight excluding hydrogens is 321 g/mol. The number of aromatic nitrogens is 2. The number of nitrogens with zero attached hydrogens (tertiary/aromatic N) is 2. The largest absolute Gasteiger partial charge is 0.505 e. The standard InChI is InChI=1S/C11H7BrClN3O2/c12-8-3-6(4-15-10(8)13)16-11(18)7-1-2-14-5-9(7)17/h1-5,17H,(H,16,18). The van der Waals surface area contributed by atoms with Gasteiger partial charge >= 0.3 is 0 Å². The van der Waals surface area contributed by atoms with E-state index in [1.165, 1.54) is 24.7 Å². The summed E-state index contributed by atoms with van der Waals surface area (Å²) in [7, 11) is 0. The Morgan fingerprint density at radius 3 is 2.89 bits per heavy atom. The maximum atomic E-state index is 11.9. The van der Waals surface area contributed by atoms with E-state index < -0.39 is 5.91 Å². The maximum Gasteiger partial charge on any atom is 0.259 e. The van der Waals surface area contributed by atoms with Crippen molar-refractivity contribution in [3.63, 3.8) is 0 Å². The van der Waals surface area contributed by atoms with Gasteiger partial charge in [-0.25, -0.2) is 4.98 Å². The van der Waals surface area contributed by atoms with Crippen LogP contribution in [0.5, 0.6) is 5.75 Å². The number of halogens is 2. The molecule has 0 radical (unpaired) electrons. The van der Waals surface area contributed by atoms with E-state index in [-0.39, 0.29) is 11.3 Å². The van der Waals surface area contributed by atoms with Gasteiger partial charge in [-0.3, -0.25) is 9.78 Å². The first-order valence-electron chi connectivity index (χ1n) is 4.83. The first kappa shape index (κ1) is 12.8. The van der Waals surface area contributed by atoms with Crippen molar-refractivity contribution >= 4 is 39.1 Å². The first-order chi connectivity index (χ1) is 8.58. The highest BCUT2D eigenvalue weighted by Gasteiger charge is 2.11. The molecular formula is C11H7BrClN3O2. The summed E-state index contributed by atoms with van der Waals surface area (Å²) in [6, 6.07) is 3.04. The van der Waals surface area contributed by atoms with Gasteiger partial charge in [-0.15, -0.1) is 0 Å². The van der Waals surface area contributed by atoms with Gasteiger partial charge in [-0.1, -0.05) is 11.6 Å². The Kier molecular flexibility index (Phi) is 3.78.